The Morgan fingerprint density at radius 2 is 1.59 bits per heavy atom. The molecule has 0 aliphatic heterocycles. The number of rotatable bonds is 12. The Hall–Kier alpha value is -3.27. The first-order chi connectivity index (χ1) is 18.7. The van der Waals surface area contributed by atoms with Crippen LogP contribution >= 0.6 is 11.8 Å². The zero-order valence-electron chi connectivity index (χ0n) is 22.1. The van der Waals surface area contributed by atoms with Crippen molar-refractivity contribution in [3.63, 3.8) is 0 Å². The number of amides is 2. The minimum Gasteiger partial charge on any atom is -0.346 e. The van der Waals surface area contributed by atoms with Crippen molar-refractivity contribution < 1.29 is 22.8 Å². The molecule has 0 fully saturated rings. The standard InChI is InChI=1S/C29H33F3N4O2S/c1-3-36(4-2)25(37)24-18-33-27(35-24)39-17-11-5-10-16-28(26(38)34-19-29(30,31)32)22-14-8-6-12-20(22)21-13-7-9-15-23(21)28/h6-9,12-15,18H,3-5,10-11,16-17,19H2,1-2H3,(H,33,35)(H,34,38). The number of hydrogen-bond acceptors (Lipinski definition) is 4. The van der Waals surface area contributed by atoms with Gasteiger partial charge >= 0.3 is 6.18 Å². The zero-order chi connectivity index (χ0) is 28.0. The number of thioether (sulfide) groups is 1. The van der Waals surface area contributed by atoms with E-state index in [1.54, 1.807) is 11.1 Å². The average molecular weight is 559 g/mol. The van der Waals surface area contributed by atoms with E-state index in [2.05, 4.69) is 15.3 Å². The van der Waals surface area contributed by atoms with Crippen molar-refractivity contribution in [2.75, 3.05) is 25.4 Å². The predicted octanol–water partition coefficient (Wildman–Crippen LogP) is 6.19. The molecule has 1 aliphatic rings. The van der Waals surface area contributed by atoms with Gasteiger partial charge in [-0.15, -0.1) is 0 Å². The highest BCUT2D eigenvalue weighted by atomic mass is 32.2. The maximum atomic E-state index is 13.5. The highest BCUT2D eigenvalue weighted by molar-refractivity contribution is 7.99. The first-order valence-corrected chi connectivity index (χ1v) is 14.2. The van der Waals surface area contributed by atoms with Gasteiger partial charge in [0.15, 0.2) is 5.16 Å². The maximum Gasteiger partial charge on any atom is 0.405 e. The lowest BCUT2D eigenvalue weighted by molar-refractivity contribution is -0.141. The fourth-order valence-corrected chi connectivity index (χ4v) is 6.14. The third kappa shape index (κ3) is 6.16. The summed E-state index contributed by atoms with van der Waals surface area (Å²) < 4.78 is 39.1. The molecule has 0 saturated carbocycles. The summed E-state index contributed by atoms with van der Waals surface area (Å²) in [5, 5.41) is 2.85. The molecule has 2 N–H and O–H groups in total. The van der Waals surface area contributed by atoms with Crippen LogP contribution in [0.25, 0.3) is 11.1 Å². The monoisotopic (exact) mass is 558 g/mol. The number of nitrogens with one attached hydrogen (secondary N) is 2. The molecule has 6 nitrogen and oxygen atoms in total. The van der Waals surface area contributed by atoms with Crippen molar-refractivity contribution in [1.82, 2.24) is 20.2 Å². The van der Waals surface area contributed by atoms with Gasteiger partial charge in [0.1, 0.15) is 17.7 Å². The van der Waals surface area contributed by atoms with Crippen LogP contribution in [0.15, 0.2) is 59.9 Å². The lowest BCUT2D eigenvalue weighted by Crippen LogP contribution is -2.47. The Kier molecular flexibility index (Phi) is 9.04. The molecule has 1 aromatic heterocycles. The van der Waals surface area contributed by atoms with Crippen LogP contribution in [-0.4, -0.2) is 58.2 Å². The summed E-state index contributed by atoms with van der Waals surface area (Å²) in [6, 6.07) is 15.0. The van der Waals surface area contributed by atoms with Gasteiger partial charge in [-0.05, 0) is 48.9 Å². The molecule has 0 spiro atoms. The van der Waals surface area contributed by atoms with E-state index in [-0.39, 0.29) is 5.91 Å². The molecule has 4 rings (SSSR count). The summed E-state index contributed by atoms with van der Waals surface area (Å²) in [7, 11) is 0. The molecule has 1 aliphatic carbocycles. The fraction of sp³-hybridized carbons (Fsp3) is 0.414. The molecular formula is C29H33F3N4O2S. The Labute approximate surface area is 230 Å². The predicted molar refractivity (Wildman–Crippen MR) is 147 cm³/mol. The third-order valence-corrected chi connectivity index (χ3v) is 8.14. The number of nitrogens with zero attached hydrogens (tertiary/aromatic N) is 2. The van der Waals surface area contributed by atoms with Crippen LogP contribution in [0.5, 0.6) is 0 Å². The number of benzene rings is 2. The molecule has 0 unspecified atom stereocenters. The van der Waals surface area contributed by atoms with E-state index in [4.69, 9.17) is 0 Å². The van der Waals surface area contributed by atoms with E-state index in [1.807, 2.05) is 62.4 Å². The Balaban J connectivity index is 1.42. The van der Waals surface area contributed by atoms with Crippen LogP contribution in [0.4, 0.5) is 13.2 Å². The van der Waals surface area contributed by atoms with Crippen LogP contribution < -0.4 is 5.32 Å². The van der Waals surface area contributed by atoms with E-state index in [1.165, 1.54) is 11.8 Å². The fourth-order valence-electron chi connectivity index (χ4n) is 5.29. The summed E-state index contributed by atoms with van der Waals surface area (Å²) in [6.45, 7) is 3.75. The number of carbonyl (C=O) groups excluding carboxylic acids is 2. The topological polar surface area (TPSA) is 78.1 Å². The van der Waals surface area contributed by atoms with Crippen molar-refractivity contribution in [3.05, 3.63) is 71.5 Å². The molecule has 2 amide bonds. The van der Waals surface area contributed by atoms with Gasteiger partial charge in [0.05, 0.1) is 6.20 Å². The number of aromatic nitrogens is 2. The number of fused-ring (bicyclic) bond motifs is 3. The second-order valence-electron chi connectivity index (χ2n) is 9.53. The van der Waals surface area contributed by atoms with Crippen LogP contribution in [0.2, 0.25) is 0 Å². The number of hydrogen-bond donors (Lipinski definition) is 2. The molecule has 208 valence electrons. The van der Waals surface area contributed by atoms with Gasteiger partial charge in [-0.3, -0.25) is 9.59 Å². The van der Waals surface area contributed by atoms with E-state index < -0.39 is 24.0 Å². The number of unbranched alkanes of at least 4 members (excludes halogenated alkanes) is 2. The number of carbonyl (C=O) groups is 2. The van der Waals surface area contributed by atoms with E-state index in [9.17, 15) is 22.8 Å². The maximum absolute atomic E-state index is 13.5. The summed E-state index contributed by atoms with van der Waals surface area (Å²) >= 11 is 1.52. The largest absolute Gasteiger partial charge is 0.405 e. The van der Waals surface area contributed by atoms with Gasteiger partial charge in [0, 0.05) is 18.8 Å². The SMILES string of the molecule is CCN(CC)C(=O)c1cnc(SCCCCCC2(C(=O)NCC(F)(F)F)c3ccccc3-c3ccccc32)[nH]1. The summed E-state index contributed by atoms with van der Waals surface area (Å²) in [4.78, 5) is 35.1. The van der Waals surface area contributed by atoms with Gasteiger partial charge in [-0.2, -0.15) is 13.2 Å². The number of aromatic amines is 1. The minimum absolute atomic E-state index is 0.0782. The Bertz CT molecular complexity index is 1260. The Morgan fingerprint density at radius 3 is 2.18 bits per heavy atom. The highest BCUT2D eigenvalue weighted by Crippen LogP contribution is 2.51. The van der Waals surface area contributed by atoms with Gasteiger partial charge in [-0.25, -0.2) is 4.98 Å². The molecule has 39 heavy (non-hydrogen) atoms. The average Bonchev–Trinajstić information content (AvgIpc) is 3.51. The quantitative estimate of drug-likeness (QED) is 0.205. The summed E-state index contributed by atoms with van der Waals surface area (Å²) in [6.07, 6.45) is -0.258. The molecule has 0 saturated heterocycles. The van der Waals surface area contributed by atoms with E-state index in [0.717, 1.165) is 40.8 Å². The van der Waals surface area contributed by atoms with Crippen LogP contribution in [0.3, 0.4) is 0 Å². The lowest BCUT2D eigenvalue weighted by Gasteiger charge is -2.31. The summed E-state index contributed by atoms with van der Waals surface area (Å²) in [5.41, 5.74) is 2.57. The van der Waals surface area contributed by atoms with Crippen molar-refractivity contribution in [2.45, 2.75) is 56.3 Å². The van der Waals surface area contributed by atoms with Gasteiger partial charge in [0.2, 0.25) is 5.91 Å². The molecule has 2 aromatic carbocycles. The molecule has 10 heteroatoms. The lowest BCUT2D eigenvalue weighted by atomic mass is 9.73. The Morgan fingerprint density at radius 1 is 0.974 bits per heavy atom. The zero-order valence-corrected chi connectivity index (χ0v) is 22.9. The van der Waals surface area contributed by atoms with Crippen LogP contribution in [-0.2, 0) is 10.2 Å². The van der Waals surface area contributed by atoms with Crippen molar-refractivity contribution >= 4 is 23.6 Å². The van der Waals surface area contributed by atoms with Crippen LogP contribution in [0, 0.1) is 0 Å². The summed E-state index contributed by atoms with van der Waals surface area (Å²) in [5.74, 6) is 0.0607. The number of H-pyrrole nitrogens is 1. The van der Waals surface area contributed by atoms with E-state index in [0.29, 0.717) is 36.8 Å². The first kappa shape index (κ1) is 28.7. The molecule has 0 bridgehead atoms. The smallest absolute Gasteiger partial charge is 0.346 e. The van der Waals surface area contributed by atoms with Gasteiger partial charge < -0.3 is 15.2 Å². The number of imidazole rings is 1. The van der Waals surface area contributed by atoms with Crippen molar-refractivity contribution in [1.29, 1.82) is 0 Å². The second-order valence-corrected chi connectivity index (χ2v) is 10.6. The number of halogens is 3. The van der Waals surface area contributed by atoms with Crippen molar-refractivity contribution in [2.24, 2.45) is 0 Å². The second kappa shape index (κ2) is 12.3. The third-order valence-electron chi connectivity index (χ3n) is 7.17. The molecule has 0 atom stereocenters. The first-order valence-electron chi connectivity index (χ1n) is 13.2. The molecule has 1 heterocycles. The normalized spacial score (nSPS) is 13.6. The van der Waals surface area contributed by atoms with Gasteiger partial charge in [-0.1, -0.05) is 73.1 Å². The van der Waals surface area contributed by atoms with Crippen molar-refractivity contribution in [3.8, 4) is 11.1 Å². The molecular weight excluding hydrogens is 525 g/mol. The minimum atomic E-state index is -4.49. The van der Waals surface area contributed by atoms with E-state index >= 15 is 0 Å². The van der Waals surface area contributed by atoms with Gasteiger partial charge in [0.25, 0.3) is 5.91 Å². The van der Waals surface area contributed by atoms with Crippen LogP contribution in [0.1, 0.15) is 61.1 Å². The number of alkyl halides is 3. The highest BCUT2D eigenvalue weighted by Gasteiger charge is 2.49. The molecule has 0 radical (unpaired) electrons. The molecule has 3 aromatic rings.